The highest BCUT2D eigenvalue weighted by molar-refractivity contribution is 8.01. The molecule has 0 spiro atoms. The monoisotopic (exact) mass is 516 g/mol. The molecule has 0 saturated heterocycles. The number of benzene rings is 3. The number of carbonyl (C=O) groups excluding carboxylic acids is 2. The van der Waals surface area contributed by atoms with E-state index in [-0.39, 0.29) is 23.4 Å². The number of nitrogens with one attached hydrogen (secondary N) is 1. The van der Waals surface area contributed by atoms with Crippen LogP contribution in [0.25, 0.3) is 0 Å². The highest BCUT2D eigenvalue weighted by Gasteiger charge is 2.39. The maximum absolute atomic E-state index is 13.5. The quantitative estimate of drug-likeness (QED) is 0.410. The van der Waals surface area contributed by atoms with Gasteiger partial charge in [-0.25, -0.2) is 4.39 Å². The van der Waals surface area contributed by atoms with Gasteiger partial charge in [0, 0.05) is 21.5 Å². The molecule has 0 unspecified atom stereocenters. The van der Waals surface area contributed by atoms with E-state index in [4.69, 9.17) is 23.2 Å². The predicted molar refractivity (Wildman–Crippen MR) is 136 cm³/mol. The Bertz CT molecular complexity index is 1210. The van der Waals surface area contributed by atoms with Gasteiger partial charge in [0.15, 0.2) is 0 Å². The molecule has 176 valence electrons. The number of carbonyl (C=O) groups is 2. The molecule has 1 aliphatic heterocycles. The molecule has 4 rings (SSSR count). The molecule has 1 N–H and O–H groups in total. The summed E-state index contributed by atoms with van der Waals surface area (Å²) >= 11 is 13.5. The van der Waals surface area contributed by atoms with Crippen molar-refractivity contribution in [3.05, 3.63) is 93.7 Å². The van der Waals surface area contributed by atoms with E-state index < -0.39 is 17.0 Å². The van der Waals surface area contributed by atoms with Crippen LogP contribution < -0.4 is 10.2 Å². The summed E-state index contributed by atoms with van der Waals surface area (Å²) in [6.45, 7) is 2.42. The van der Waals surface area contributed by atoms with Crippen molar-refractivity contribution in [1.29, 1.82) is 0 Å². The third-order valence-electron chi connectivity index (χ3n) is 5.76. The molecule has 2 amide bonds. The summed E-state index contributed by atoms with van der Waals surface area (Å²) < 4.78 is 13.5. The van der Waals surface area contributed by atoms with E-state index in [0.717, 1.165) is 16.1 Å². The molecular weight excluding hydrogens is 494 g/mol. The summed E-state index contributed by atoms with van der Waals surface area (Å²) in [5.74, 6) is -1.35. The Balaban J connectivity index is 1.48. The third kappa shape index (κ3) is 5.57. The fourth-order valence-corrected chi connectivity index (χ4v) is 5.46. The lowest BCUT2D eigenvalue weighted by Crippen LogP contribution is -2.47. The molecule has 34 heavy (non-hydrogen) atoms. The highest BCUT2D eigenvalue weighted by Crippen LogP contribution is 2.42. The Morgan fingerprint density at radius 3 is 2.59 bits per heavy atom. The number of hydrogen-bond donors (Lipinski definition) is 1. The second-order valence-corrected chi connectivity index (χ2v) is 10.1. The topological polar surface area (TPSA) is 49.4 Å². The molecule has 0 saturated carbocycles. The van der Waals surface area contributed by atoms with Crippen LogP contribution in [0.1, 0.15) is 18.1 Å². The summed E-state index contributed by atoms with van der Waals surface area (Å²) in [5, 5.41) is 3.28. The van der Waals surface area contributed by atoms with Crippen LogP contribution in [0.15, 0.2) is 71.6 Å². The van der Waals surface area contributed by atoms with Gasteiger partial charge in [-0.05, 0) is 53.9 Å². The maximum atomic E-state index is 13.5. The van der Waals surface area contributed by atoms with Gasteiger partial charge in [-0.2, -0.15) is 0 Å². The van der Waals surface area contributed by atoms with Crippen molar-refractivity contribution in [2.75, 3.05) is 11.4 Å². The number of rotatable bonds is 7. The van der Waals surface area contributed by atoms with Crippen molar-refractivity contribution in [1.82, 2.24) is 5.32 Å². The molecule has 2 atom stereocenters. The van der Waals surface area contributed by atoms with E-state index in [1.54, 1.807) is 17.9 Å². The number of thioether (sulfide) groups is 1. The molecule has 0 fully saturated rings. The average Bonchev–Trinajstić information content (AvgIpc) is 2.82. The number of fused-ring (bicyclic) bond motifs is 1. The van der Waals surface area contributed by atoms with Crippen molar-refractivity contribution in [3.63, 3.8) is 0 Å². The van der Waals surface area contributed by atoms with E-state index in [1.807, 2.05) is 48.5 Å². The molecular formula is C26H23Cl2FN2O2S. The van der Waals surface area contributed by atoms with E-state index >= 15 is 0 Å². The van der Waals surface area contributed by atoms with Crippen LogP contribution in [0.5, 0.6) is 0 Å². The first-order valence-electron chi connectivity index (χ1n) is 10.9. The van der Waals surface area contributed by atoms with Gasteiger partial charge in [-0.15, -0.1) is 11.8 Å². The van der Waals surface area contributed by atoms with Crippen LogP contribution in [0, 0.1) is 11.7 Å². The van der Waals surface area contributed by atoms with Gasteiger partial charge < -0.3 is 10.2 Å². The zero-order valence-electron chi connectivity index (χ0n) is 18.4. The number of anilines is 1. The lowest BCUT2D eigenvalue weighted by Gasteiger charge is -2.36. The van der Waals surface area contributed by atoms with Gasteiger partial charge in [0.2, 0.25) is 11.8 Å². The first-order valence-corrected chi connectivity index (χ1v) is 12.5. The Kier molecular flexibility index (Phi) is 7.81. The Labute approximate surface area is 212 Å². The Hall–Kier alpha value is -2.54. The average molecular weight is 517 g/mol. The van der Waals surface area contributed by atoms with E-state index in [2.05, 4.69) is 5.32 Å². The molecule has 0 bridgehead atoms. The second kappa shape index (κ2) is 10.8. The Morgan fingerprint density at radius 2 is 1.85 bits per heavy atom. The van der Waals surface area contributed by atoms with Crippen molar-refractivity contribution in [2.45, 2.75) is 30.0 Å². The summed E-state index contributed by atoms with van der Waals surface area (Å²) in [6.07, 6.45) is 0.666. The summed E-state index contributed by atoms with van der Waals surface area (Å²) in [7, 11) is 0. The molecule has 0 aliphatic carbocycles. The first-order chi connectivity index (χ1) is 16.3. The summed E-state index contributed by atoms with van der Waals surface area (Å²) in [4.78, 5) is 29.0. The molecule has 0 aromatic heterocycles. The Morgan fingerprint density at radius 1 is 1.12 bits per heavy atom. The standard InChI is InChI=1S/C26H23Cl2FN2O2S/c1-16(25(32)30-13-12-17-6-9-19(27)10-7-17)24-26(33)31(22-4-2-3-5-23(22)34-24)15-18-8-11-20(29)14-21(18)28/h2-11,14,16,24H,12-13,15H2,1H3,(H,30,32)/t16-,24+/m1/s1. The second-order valence-electron chi connectivity index (χ2n) is 8.12. The van der Waals surface area contributed by atoms with Gasteiger partial charge in [-0.1, -0.05) is 60.5 Å². The minimum absolute atomic E-state index is 0.176. The first kappa shape index (κ1) is 24.6. The van der Waals surface area contributed by atoms with E-state index in [0.29, 0.717) is 23.6 Å². The normalized spacial score (nSPS) is 16.2. The van der Waals surface area contributed by atoms with Crippen molar-refractivity contribution in [2.24, 2.45) is 5.92 Å². The lowest BCUT2D eigenvalue weighted by atomic mass is 10.0. The largest absolute Gasteiger partial charge is 0.355 e. The molecule has 3 aromatic carbocycles. The van der Waals surface area contributed by atoms with Crippen LogP contribution in [0.2, 0.25) is 10.0 Å². The van der Waals surface area contributed by atoms with Crippen molar-refractivity contribution >= 4 is 52.5 Å². The zero-order valence-corrected chi connectivity index (χ0v) is 20.8. The third-order valence-corrected chi connectivity index (χ3v) is 7.82. The maximum Gasteiger partial charge on any atom is 0.241 e. The smallest absolute Gasteiger partial charge is 0.241 e. The number of halogens is 3. The van der Waals surface area contributed by atoms with Crippen LogP contribution in [0.3, 0.4) is 0 Å². The van der Waals surface area contributed by atoms with Crippen LogP contribution >= 0.6 is 35.0 Å². The fraction of sp³-hybridized carbons (Fsp3) is 0.231. The van der Waals surface area contributed by atoms with Crippen molar-refractivity contribution in [3.8, 4) is 0 Å². The van der Waals surface area contributed by atoms with Gasteiger partial charge in [0.25, 0.3) is 0 Å². The van der Waals surface area contributed by atoms with Gasteiger partial charge in [0.05, 0.1) is 18.2 Å². The van der Waals surface area contributed by atoms with Crippen LogP contribution in [0.4, 0.5) is 10.1 Å². The fourth-order valence-electron chi connectivity index (χ4n) is 3.82. The zero-order chi connectivity index (χ0) is 24.2. The molecule has 0 radical (unpaired) electrons. The van der Waals surface area contributed by atoms with E-state index in [1.165, 1.54) is 23.9 Å². The molecule has 8 heteroatoms. The SMILES string of the molecule is C[C@@H](C(=O)NCCc1ccc(Cl)cc1)[C@@H]1Sc2ccccc2N(Cc2ccc(F)cc2Cl)C1=O. The minimum atomic E-state index is -0.593. The molecule has 1 heterocycles. The van der Waals surface area contributed by atoms with Gasteiger partial charge in [0.1, 0.15) is 11.1 Å². The highest BCUT2D eigenvalue weighted by atomic mass is 35.5. The predicted octanol–water partition coefficient (Wildman–Crippen LogP) is 6.14. The summed E-state index contributed by atoms with van der Waals surface area (Å²) in [5.41, 5.74) is 2.46. The molecule has 3 aromatic rings. The van der Waals surface area contributed by atoms with E-state index in [9.17, 15) is 14.0 Å². The lowest BCUT2D eigenvalue weighted by molar-refractivity contribution is -0.128. The van der Waals surface area contributed by atoms with Gasteiger partial charge in [-0.3, -0.25) is 9.59 Å². The van der Waals surface area contributed by atoms with Crippen LogP contribution in [-0.2, 0) is 22.6 Å². The molecule has 4 nitrogen and oxygen atoms in total. The van der Waals surface area contributed by atoms with Gasteiger partial charge >= 0.3 is 0 Å². The minimum Gasteiger partial charge on any atom is -0.355 e. The van der Waals surface area contributed by atoms with Crippen LogP contribution in [-0.4, -0.2) is 23.6 Å². The number of nitrogens with zero attached hydrogens (tertiary/aromatic N) is 1. The molecule has 1 aliphatic rings. The number of hydrogen-bond acceptors (Lipinski definition) is 3. The van der Waals surface area contributed by atoms with Crippen molar-refractivity contribution < 1.29 is 14.0 Å². The number of para-hydroxylation sites is 1. The summed E-state index contributed by atoms with van der Waals surface area (Å²) in [6, 6.07) is 19.2. The number of amides is 2.